The van der Waals surface area contributed by atoms with Crippen LogP contribution in [0.15, 0.2) is 28.6 Å². The number of rotatable bonds is 8. The van der Waals surface area contributed by atoms with Crippen molar-refractivity contribution in [3.8, 4) is 0 Å². The summed E-state index contributed by atoms with van der Waals surface area (Å²) < 4.78 is 1.90. The van der Waals surface area contributed by atoms with Crippen molar-refractivity contribution in [3.63, 3.8) is 0 Å². The van der Waals surface area contributed by atoms with Crippen molar-refractivity contribution < 1.29 is 14.7 Å². The quantitative estimate of drug-likeness (QED) is 0.723. The van der Waals surface area contributed by atoms with E-state index >= 15 is 0 Å². The third-order valence-electron chi connectivity index (χ3n) is 3.08. The lowest BCUT2D eigenvalue weighted by Crippen LogP contribution is -2.41. The minimum Gasteiger partial charge on any atom is -0.480 e. The maximum Gasteiger partial charge on any atom is 0.326 e. The van der Waals surface area contributed by atoms with Crippen molar-refractivity contribution in [1.29, 1.82) is 0 Å². The summed E-state index contributed by atoms with van der Waals surface area (Å²) in [6.45, 7) is 1.99. The molecule has 0 saturated carbocycles. The molecule has 0 unspecified atom stereocenters. The Morgan fingerprint density at radius 1 is 1.41 bits per heavy atom. The fourth-order valence-electron chi connectivity index (χ4n) is 1.94. The molecule has 0 fully saturated rings. The number of hydrogen-bond donors (Lipinski definition) is 2. The fourth-order valence-corrected chi connectivity index (χ4v) is 3.82. The second-order valence-electron chi connectivity index (χ2n) is 4.84. The van der Waals surface area contributed by atoms with E-state index in [-0.39, 0.29) is 11.7 Å². The lowest BCUT2D eigenvalue weighted by molar-refractivity contribution is -0.141. The Morgan fingerprint density at radius 3 is 2.86 bits per heavy atom. The molecule has 2 rings (SSSR count). The van der Waals surface area contributed by atoms with Crippen LogP contribution in [0, 0.1) is 0 Å². The molecule has 0 saturated heterocycles. The number of carbonyl (C=O) groups is 2. The molecule has 7 heteroatoms. The first kappa shape index (κ1) is 16.8. The van der Waals surface area contributed by atoms with Gasteiger partial charge in [0, 0.05) is 0 Å². The number of aliphatic carboxylic acids is 1. The van der Waals surface area contributed by atoms with Crippen LogP contribution in [-0.4, -0.2) is 33.8 Å². The van der Waals surface area contributed by atoms with E-state index in [1.807, 2.05) is 31.2 Å². The van der Waals surface area contributed by atoms with Gasteiger partial charge in [-0.3, -0.25) is 4.79 Å². The fraction of sp³-hybridized carbons (Fsp3) is 0.400. The number of carboxylic acids is 1. The van der Waals surface area contributed by atoms with Gasteiger partial charge in [0.05, 0.1) is 16.0 Å². The zero-order valence-corrected chi connectivity index (χ0v) is 13.9. The molecular weight excluding hydrogens is 320 g/mol. The highest BCUT2D eigenvalue weighted by atomic mass is 32.2. The third-order valence-corrected chi connectivity index (χ3v) is 5.26. The molecule has 22 heavy (non-hydrogen) atoms. The lowest BCUT2D eigenvalue weighted by Gasteiger charge is -2.13. The summed E-state index contributed by atoms with van der Waals surface area (Å²) in [5, 5.41) is 11.7. The Hall–Kier alpha value is -1.60. The number of thioether (sulfide) groups is 1. The second-order valence-corrected chi connectivity index (χ2v) is 7.09. The van der Waals surface area contributed by atoms with Gasteiger partial charge in [0.15, 0.2) is 4.34 Å². The average molecular weight is 338 g/mol. The molecule has 1 amide bonds. The second kappa shape index (κ2) is 8.14. The van der Waals surface area contributed by atoms with Gasteiger partial charge in [0.2, 0.25) is 5.91 Å². The van der Waals surface area contributed by atoms with E-state index in [0.717, 1.165) is 27.4 Å². The monoisotopic (exact) mass is 338 g/mol. The molecule has 5 nitrogen and oxygen atoms in total. The smallest absolute Gasteiger partial charge is 0.326 e. The predicted molar refractivity (Wildman–Crippen MR) is 89.4 cm³/mol. The summed E-state index contributed by atoms with van der Waals surface area (Å²) in [5.41, 5.74) is 0.918. The molecule has 0 spiro atoms. The molecule has 0 aliphatic rings. The number of unbranched alkanes of at least 4 members (excludes halogenated alkanes) is 1. The first-order valence-corrected chi connectivity index (χ1v) is 8.91. The van der Waals surface area contributed by atoms with E-state index in [2.05, 4.69) is 10.3 Å². The van der Waals surface area contributed by atoms with Gasteiger partial charge in [-0.15, -0.1) is 11.3 Å². The lowest BCUT2D eigenvalue weighted by atomic mass is 10.1. The Morgan fingerprint density at radius 2 is 2.18 bits per heavy atom. The topological polar surface area (TPSA) is 79.3 Å². The van der Waals surface area contributed by atoms with Crippen molar-refractivity contribution in [2.24, 2.45) is 0 Å². The number of thiazole rings is 1. The highest BCUT2D eigenvalue weighted by molar-refractivity contribution is 8.01. The molecule has 0 bridgehead atoms. The largest absolute Gasteiger partial charge is 0.480 e. The van der Waals surface area contributed by atoms with Crippen LogP contribution < -0.4 is 5.32 Å². The molecule has 0 aliphatic carbocycles. The van der Waals surface area contributed by atoms with Gasteiger partial charge >= 0.3 is 5.97 Å². The first-order valence-electron chi connectivity index (χ1n) is 7.10. The van der Waals surface area contributed by atoms with Crippen molar-refractivity contribution in [1.82, 2.24) is 10.3 Å². The van der Waals surface area contributed by atoms with Gasteiger partial charge in [-0.25, -0.2) is 9.78 Å². The summed E-state index contributed by atoms with van der Waals surface area (Å²) in [6, 6.07) is 6.99. The summed E-state index contributed by atoms with van der Waals surface area (Å²) in [4.78, 5) is 27.4. The molecule has 1 aromatic heterocycles. The van der Waals surface area contributed by atoms with Crippen molar-refractivity contribution >= 4 is 45.2 Å². The number of carbonyl (C=O) groups excluding carboxylic acids is 1. The number of aromatic nitrogens is 1. The minimum absolute atomic E-state index is 0.176. The molecule has 0 radical (unpaired) electrons. The third kappa shape index (κ3) is 4.71. The van der Waals surface area contributed by atoms with Gasteiger partial charge in [0.1, 0.15) is 6.04 Å². The number of para-hydroxylation sites is 1. The Bertz CT molecular complexity index is 624. The SMILES string of the molecule is CCCC[C@H](NC(=O)CSc1nc2ccccc2s1)C(=O)O. The van der Waals surface area contributed by atoms with Crippen LogP contribution in [0.2, 0.25) is 0 Å². The summed E-state index contributed by atoms with van der Waals surface area (Å²) in [6.07, 6.45) is 2.14. The Kier molecular flexibility index (Phi) is 6.21. The van der Waals surface area contributed by atoms with Crippen molar-refractivity contribution in [3.05, 3.63) is 24.3 Å². The van der Waals surface area contributed by atoms with E-state index in [0.29, 0.717) is 6.42 Å². The Labute approximate surface area is 137 Å². The molecule has 1 heterocycles. The predicted octanol–water partition coefficient (Wildman–Crippen LogP) is 3.15. The van der Waals surface area contributed by atoms with E-state index < -0.39 is 12.0 Å². The van der Waals surface area contributed by atoms with Crippen LogP contribution in [-0.2, 0) is 9.59 Å². The van der Waals surface area contributed by atoms with Crippen LogP contribution >= 0.6 is 23.1 Å². The maximum atomic E-state index is 11.9. The zero-order valence-electron chi connectivity index (χ0n) is 12.2. The standard InChI is InChI=1S/C15H18N2O3S2/c1-2-3-6-11(14(19)20)16-13(18)9-21-15-17-10-7-4-5-8-12(10)22-15/h4-5,7-8,11H,2-3,6,9H2,1H3,(H,16,18)(H,19,20)/t11-/m0/s1. The van der Waals surface area contributed by atoms with Crippen LogP contribution in [0.5, 0.6) is 0 Å². The molecule has 1 atom stereocenters. The van der Waals surface area contributed by atoms with Gasteiger partial charge in [0.25, 0.3) is 0 Å². The number of nitrogens with zero attached hydrogens (tertiary/aromatic N) is 1. The molecule has 118 valence electrons. The maximum absolute atomic E-state index is 11.9. The molecule has 1 aromatic carbocycles. The molecule has 2 N–H and O–H groups in total. The summed E-state index contributed by atoms with van der Waals surface area (Å²) in [5.74, 6) is -1.07. The van der Waals surface area contributed by atoms with E-state index in [4.69, 9.17) is 5.11 Å². The highest BCUT2D eigenvalue weighted by Crippen LogP contribution is 2.29. The number of amides is 1. The minimum atomic E-state index is -0.980. The van der Waals surface area contributed by atoms with Crippen LogP contribution in [0.1, 0.15) is 26.2 Å². The van der Waals surface area contributed by atoms with Crippen LogP contribution in [0.25, 0.3) is 10.2 Å². The van der Waals surface area contributed by atoms with Gasteiger partial charge in [-0.2, -0.15) is 0 Å². The number of benzene rings is 1. The van der Waals surface area contributed by atoms with E-state index in [9.17, 15) is 9.59 Å². The summed E-state index contributed by atoms with van der Waals surface area (Å²) >= 11 is 2.87. The van der Waals surface area contributed by atoms with Gasteiger partial charge in [-0.05, 0) is 18.6 Å². The number of hydrogen-bond acceptors (Lipinski definition) is 5. The number of nitrogens with one attached hydrogen (secondary N) is 1. The van der Waals surface area contributed by atoms with E-state index in [1.165, 1.54) is 23.1 Å². The van der Waals surface area contributed by atoms with Gasteiger partial charge < -0.3 is 10.4 Å². The molecule has 0 aliphatic heterocycles. The normalized spacial score (nSPS) is 12.2. The molecular formula is C15H18N2O3S2. The van der Waals surface area contributed by atoms with Gasteiger partial charge in [-0.1, -0.05) is 43.7 Å². The Balaban J connectivity index is 1.87. The summed E-state index contributed by atoms with van der Waals surface area (Å²) in [7, 11) is 0. The zero-order chi connectivity index (χ0) is 15.9. The molecule has 2 aromatic rings. The van der Waals surface area contributed by atoms with E-state index in [1.54, 1.807) is 0 Å². The highest BCUT2D eigenvalue weighted by Gasteiger charge is 2.19. The van der Waals surface area contributed by atoms with Crippen LogP contribution in [0.4, 0.5) is 0 Å². The van der Waals surface area contributed by atoms with Crippen molar-refractivity contribution in [2.45, 2.75) is 36.6 Å². The van der Waals surface area contributed by atoms with Crippen LogP contribution in [0.3, 0.4) is 0 Å². The van der Waals surface area contributed by atoms with Crippen molar-refractivity contribution in [2.75, 3.05) is 5.75 Å². The first-order chi connectivity index (χ1) is 10.6. The average Bonchev–Trinajstić information content (AvgIpc) is 2.92. The number of carboxylic acid groups (broad SMARTS) is 1. The number of fused-ring (bicyclic) bond motifs is 1.